The zero-order valence-electron chi connectivity index (χ0n) is 11.2. The molecule has 2 rings (SSSR count). The summed E-state index contributed by atoms with van der Waals surface area (Å²) in [6.07, 6.45) is 1.87. The largest absolute Gasteiger partial charge is 0.398 e. The Morgan fingerprint density at radius 1 is 1.40 bits per heavy atom. The lowest BCUT2D eigenvalue weighted by Gasteiger charge is -2.18. The molecule has 0 bridgehead atoms. The minimum atomic E-state index is -0.222. The molecule has 1 atom stereocenters. The predicted octanol–water partition coefficient (Wildman–Crippen LogP) is 4.25. The zero-order chi connectivity index (χ0) is 14.5. The maximum Gasteiger partial charge on any atom is 0.255 e. The van der Waals surface area contributed by atoms with E-state index in [0.717, 1.165) is 17.7 Å². The molecule has 1 amide bonds. The molecule has 106 valence electrons. The molecule has 2 aromatic rings. The molecule has 0 aliphatic heterocycles. The van der Waals surface area contributed by atoms with E-state index in [2.05, 4.69) is 12.2 Å². The molecule has 0 radical (unpaired) electrons. The maximum absolute atomic E-state index is 12.4. The van der Waals surface area contributed by atoms with Crippen LogP contribution < -0.4 is 11.1 Å². The normalized spacial score (nSPS) is 12.1. The summed E-state index contributed by atoms with van der Waals surface area (Å²) in [4.78, 5) is 13.5. The monoisotopic (exact) mass is 308 g/mol. The van der Waals surface area contributed by atoms with Crippen LogP contribution >= 0.6 is 22.9 Å². The number of nitrogen functional groups attached to an aromatic ring is 1. The van der Waals surface area contributed by atoms with E-state index in [1.165, 1.54) is 0 Å². The molecule has 0 saturated carbocycles. The second-order valence-corrected chi connectivity index (χ2v) is 5.92. The van der Waals surface area contributed by atoms with Gasteiger partial charge in [-0.05, 0) is 30.0 Å². The topological polar surface area (TPSA) is 55.1 Å². The van der Waals surface area contributed by atoms with Crippen LogP contribution in [-0.2, 0) is 0 Å². The van der Waals surface area contributed by atoms with Crippen LogP contribution in [0.1, 0.15) is 41.0 Å². The molecule has 1 aromatic carbocycles. The van der Waals surface area contributed by atoms with E-state index in [-0.39, 0.29) is 11.9 Å². The summed E-state index contributed by atoms with van der Waals surface area (Å²) in [5, 5.41) is 5.41. The highest BCUT2D eigenvalue weighted by Gasteiger charge is 2.19. The van der Waals surface area contributed by atoms with Gasteiger partial charge < -0.3 is 11.1 Å². The summed E-state index contributed by atoms with van der Waals surface area (Å²) in [7, 11) is 0. The maximum atomic E-state index is 12.4. The lowest BCUT2D eigenvalue weighted by Crippen LogP contribution is -2.28. The molecule has 1 unspecified atom stereocenters. The highest BCUT2D eigenvalue weighted by Crippen LogP contribution is 2.26. The molecular formula is C15H17ClN2OS. The lowest BCUT2D eigenvalue weighted by atomic mass is 10.1. The summed E-state index contributed by atoms with van der Waals surface area (Å²) < 4.78 is 0. The standard InChI is InChI=1S/C15H17ClN2OS/c1-2-5-12(13-8-4-9-20-13)18-15(19)14-10(16)6-3-7-11(14)17/h3-4,6-9,12H,2,5,17H2,1H3,(H,18,19). The van der Waals surface area contributed by atoms with Gasteiger partial charge in [0.15, 0.2) is 0 Å². The van der Waals surface area contributed by atoms with Gasteiger partial charge in [0, 0.05) is 10.6 Å². The van der Waals surface area contributed by atoms with E-state index in [1.807, 2.05) is 17.5 Å². The molecule has 1 heterocycles. The Bertz CT molecular complexity index is 563. The first-order valence-electron chi connectivity index (χ1n) is 6.51. The van der Waals surface area contributed by atoms with E-state index in [9.17, 15) is 4.79 Å². The third-order valence-corrected chi connectivity index (χ3v) is 4.34. The Labute approximate surface area is 127 Å². The number of carbonyl (C=O) groups is 1. The summed E-state index contributed by atoms with van der Waals surface area (Å²) in [5.41, 5.74) is 6.60. The minimum Gasteiger partial charge on any atom is -0.398 e. The van der Waals surface area contributed by atoms with Gasteiger partial charge in [0.2, 0.25) is 0 Å². The van der Waals surface area contributed by atoms with Crippen molar-refractivity contribution in [3.63, 3.8) is 0 Å². The van der Waals surface area contributed by atoms with Crippen molar-refractivity contribution in [1.82, 2.24) is 5.32 Å². The number of nitrogens with one attached hydrogen (secondary N) is 1. The van der Waals surface area contributed by atoms with Crippen molar-refractivity contribution in [3.05, 3.63) is 51.2 Å². The number of hydrogen-bond acceptors (Lipinski definition) is 3. The molecule has 0 aliphatic rings. The van der Waals surface area contributed by atoms with E-state index in [0.29, 0.717) is 16.3 Å². The fourth-order valence-electron chi connectivity index (χ4n) is 2.07. The molecular weight excluding hydrogens is 292 g/mol. The number of thiophene rings is 1. The summed E-state index contributed by atoms with van der Waals surface area (Å²) in [6, 6.07) is 9.10. The molecule has 3 N–H and O–H groups in total. The lowest BCUT2D eigenvalue weighted by molar-refractivity contribution is 0.0936. The van der Waals surface area contributed by atoms with E-state index in [1.54, 1.807) is 29.5 Å². The van der Waals surface area contributed by atoms with Crippen molar-refractivity contribution in [2.75, 3.05) is 5.73 Å². The number of halogens is 1. The number of rotatable bonds is 5. The van der Waals surface area contributed by atoms with Gasteiger partial charge in [0.25, 0.3) is 5.91 Å². The van der Waals surface area contributed by atoms with Crippen LogP contribution in [0.15, 0.2) is 35.7 Å². The summed E-state index contributed by atoms with van der Waals surface area (Å²) >= 11 is 7.71. The number of anilines is 1. The second kappa shape index (κ2) is 6.77. The fraction of sp³-hybridized carbons (Fsp3) is 0.267. The average Bonchev–Trinajstić information content (AvgIpc) is 2.91. The Morgan fingerprint density at radius 2 is 2.20 bits per heavy atom. The first-order valence-corrected chi connectivity index (χ1v) is 7.77. The molecule has 0 fully saturated rings. The second-order valence-electron chi connectivity index (χ2n) is 4.53. The van der Waals surface area contributed by atoms with Crippen LogP contribution in [0.2, 0.25) is 5.02 Å². The van der Waals surface area contributed by atoms with Gasteiger partial charge >= 0.3 is 0 Å². The van der Waals surface area contributed by atoms with E-state index >= 15 is 0 Å². The molecule has 20 heavy (non-hydrogen) atoms. The summed E-state index contributed by atoms with van der Waals surface area (Å²) in [6.45, 7) is 2.09. The Hall–Kier alpha value is -1.52. The van der Waals surface area contributed by atoms with Gasteiger partial charge in [-0.1, -0.05) is 37.1 Å². The van der Waals surface area contributed by atoms with Crippen LogP contribution in [0.3, 0.4) is 0 Å². The molecule has 0 aliphatic carbocycles. The van der Waals surface area contributed by atoms with Crippen molar-refractivity contribution < 1.29 is 4.79 Å². The minimum absolute atomic E-state index is 0.00294. The van der Waals surface area contributed by atoms with Gasteiger partial charge in [-0.3, -0.25) is 4.79 Å². The van der Waals surface area contributed by atoms with E-state index in [4.69, 9.17) is 17.3 Å². The van der Waals surface area contributed by atoms with Crippen molar-refractivity contribution in [3.8, 4) is 0 Å². The molecule has 0 spiro atoms. The van der Waals surface area contributed by atoms with Crippen molar-refractivity contribution >= 4 is 34.5 Å². The van der Waals surface area contributed by atoms with Gasteiger partial charge in [0.05, 0.1) is 16.6 Å². The number of hydrogen-bond donors (Lipinski definition) is 2. The number of amides is 1. The van der Waals surface area contributed by atoms with Gasteiger partial charge in [-0.2, -0.15) is 0 Å². The van der Waals surface area contributed by atoms with Crippen molar-refractivity contribution in [1.29, 1.82) is 0 Å². The third kappa shape index (κ3) is 3.32. The average molecular weight is 309 g/mol. The van der Waals surface area contributed by atoms with Crippen LogP contribution in [-0.4, -0.2) is 5.91 Å². The molecule has 5 heteroatoms. The van der Waals surface area contributed by atoms with Crippen molar-refractivity contribution in [2.24, 2.45) is 0 Å². The zero-order valence-corrected chi connectivity index (χ0v) is 12.8. The van der Waals surface area contributed by atoms with Crippen LogP contribution in [0, 0.1) is 0 Å². The number of carbonyl (C=O) groups excluding carboxylic acids is 1. The van der Waals surface area contributed by atoms with E-state index < -0.39 is 0 Å². The quantitative estimate of drug-likeness (QED) is 0.811. The SMILES string of the molecule is CCCC(NC(=O)c1c(N)cccc1Cl)c1cccs1. The molecule has 3 nitrogen and oxygen atoms in total. The van der Waals surface area contributed by atoms with Crippen LogP contribution in [0.25, 0.3) is 0 Å². The van der Waals surface area contributed by atoms with Gasteiger partial charge in [0.1, 0.15) is 0 Å². The number of nitrogens with two attached hydrogens (primary N) is 1. The Morgan fingerprint density at radius 3 is 2.80 bits per heavy atom. The van der Waals surface area contributed by atoms with Gasteiger partial charge in [-0.25, -0.2) is 0 Å². The molecule has 1 aromatic heterocycles. The molecule has 0 saturated heterocycles. The first-order chi connectivity index (χ1) is 9.63. The Balaban J connectivity index is 2.21. The highest BCUT2D eigenvalue weighted by atomic mass is 35.5. The first kappa shape index (κ1) is 14.9. The highest BCUT2D eigenvalue weighted by molar-refractivity contribution is 7.10. The number of benzene rings is 1. The van der Waals surface area contributed by atoms with Crippen LogP contribution in [0.5, 0.6) is 0 Å². The predicted molar refractivity (Wildman–Crippen MR) is 85.3 cm³/mol. The van der Waals surface area contributed by atoms with Crippen LogP contribution in [0.4, 0.5) is 5.69 Å². The van der Waals surface area contributed by atoms with Gasteiger partial charge in [-0.15, -0.1) is 11.3 Å². The summed E-state index contributed by atoms with van der Waals surface area (Å²) in [5.74, 6) is -0.222. The third-order valence-electron chi connectivity index (χ3n) is 3.04. The Kier molecular flexibility index (Phi) is 5.04. The smallest absolute Gasteiger partial charge is 0.255 e. The fourth-order valence-corrected chi connectivity index (χ4v) is 3.15. The van der Waals surface area contributed by atoms with Crippen molar-refractivity contribution in [2.45, 2.75) is 25.8 Å².